The summed E-state index contributed by atoms with van der Waals surface area (Å²) in [5.41, 5.74) is 0.611. The second-order valence-electron chi connectivity index (χ2n) is 4.88. The summed E-state index contributed by atoms with van der Waals surface area (Å²) in [5.74, 6) is 0. The Bertz CT molecular complexity index is 927. The summed E-state index contributed by atoms with van der Waals surface area (Å²) >= 11 is 6.05. The lowest BCUT2D eigenvalue weighted by molar-refractivity contribution is 0.566. The number of benzene rings is 2. The van der Waals surface area contributed by atoms with E-state index in [1.54, 1.807) is 31.2 Å². The van der Waals surface area contributed by atoms with Crippen molar-refractivity contribution in [3.05, 3.63) is 59.1 Å². The number of sulfonamides is 2. The molecule has 2 aromatic rings. The van der Waals surface area contributed by atoms with E-state index < -0.39 is 26.1 Å². The Morgan fingerprint density at radius 1 is 1.00 bits per heavy atom. The Morgan fingerprint density at radius 2 is 1.61 bits per heavy atom. The first-order chi connectivity index (χ1) is 10.6. The molecule has 3 N–H and O–H groups in total. The highest BCUT2D eigenvalue weighted by molar-refractivity contribution is 7.90. The van der Waals surface area contributed by atoms with Crippen molar-refractivity contribution in [2.24, 2.45) is 5.14 Å². The van der Waals surface area contributed by atoms with Gasteiger partial charge in [-0.3, -0.25) is 0 Å². The highest BCUT2D eigenvalue weighted by Crippen LogP contribution is 2.24. The molecule has 0 heterocycles. The van der Waals surface area contributed by atoms with Crippen LogP contribution in [0, 0.1) is 0 Å². The average molecular weight is 375 g/mol. The van der Waals surface area contributed by atoms with Gasteiger partial charge in [0.05, 0.1) is 9.79 Å². The summed E-state index contributed by atoms with van der Waals surface area (Å²) in [4.78, 5) is -0.464. The van der Waals surface area contributed by atoms with Crippen LogP contribution >= 0.6 is 11.6 Å². The summed E-state index contributed by atoms with van der Waals surface area (Å²) in [5, 5.41) is 5.45. The lowest BCUT2D eigenvalue weighted by Crippen LogP contribution is -2.27. The van der Waals surface area contributed by atoms with E-state index in [-0.39, 0.29) is 9.79 Å². The fourth-order valence-corrected chi connectivity index (χ4v) is 4.21. The van der Waals surface area contributed by atoms with Crippen molar-refractivity contribution in [1.29, 1.82) is 0 Å². The van der Waals surface area contributed by atoms with Gasteiger partial charge in [-0.2, -0.15) is 0 Å². The monoisotopic (exact) mass is 374 g/mol. The molecule has 6 nitrogen and oxygen atoms in total. The van der Waals surface area contributed by atoms with Gasteiger partial charge in [0.15, 0.2) is 0 Å². The van der Waals surface area contributed by atoms with Gasteiger partial charge in [0, 0.05) is 11.1 Å². The van der Waals surface area contributed by atoms with Gasteiger partial charge >= 0.3 is 0 Å². The van der Waals surface area contributed by atoms with Gasteiger partial charge in [-0.05, 0) is 36.8 Å². The predicted octanol–water partition coefficient (Wildman–Crippen LogP) is 2.03. The minimum atomic E-state index is -3.99. The van der Waals surface area contributed by atoms with Crippen molar-refractivity contribution in [3.8, 4) is 0 Å². The fraction of sp³-hybridized carbons (Fsp3) is 0.143. The molecular formula is C14H15ClN2O4S2. The highest BCUT2D eigenvalue weighted by atomic mass is 35.5. The third kappa shape index (κ3) is 4.30. The molecular weight excluding hydrogens is 360 g/mol. The first-order valence-corrected chi connectivity index (χ1v) is 9.91. The van der Waals surface area contributed by atoms with Crippen LogP contribution in [0.2, 0.25) is 5.02 Å². The van der Waals surface area contributed by atoms with Crippen LogP contribution in [0.5, 0.6) is 0 Å². The Labute approximate surface area is 140 Å². The molecule has 9 heteroatoms. The number of hydrogen-bond donors (Lipinski definition) is 2. The van der Waals surface area contributed by atoms with Crippen molar-refractivity contribution >= 4 is 31.6 Å². The van der Waals surface area contributed by atoms with Crippen molar-refractivity contribution in [2.75, 3.05) is 0 Å². The summed E-state index contributed by atoms with van der Waals surface area (Å²) in [6.45, 7) is 1.64. The summed E-state index contributed by atoms with van der Waals surface area (Å²) < 4.78 is 50.0. The second kappa shape index (κ2) is 6.58. The molecule has 0 fully saturated rings. The number of primary sulfonamides is 1. The third-order valence-electron chi connectivity index (χ3n) is 3.15. The number of hydrogen-bond acceptors (Lipinski definition) is 4. The molecule has 0 spiro atoms. The van der Waals surface area contributed by atoms with Crippen LogP contribution in [0.1, 0.15) is 18.5 Å². The van der Waals surface area contributed by atoms with Gasteiger partial charge in [0.25, 0.3) is 0 Å². The van der Waals surface area contributed by atoms with Crippen LogP contribution in [0.25, 0.3) is 0 Å². The maximum atomic E-state index is 12.4. The summed E-state index contributed by atoms with van der Waals surface area (Å²) in [6.07, 6.45) is 0. The molecule has 0 radical (unpaired) electrons. The topological polar surface area (TPSA) is 106 Å². The van der Waals surface area contributed by atoms with Crippen LogP contribution in [0.3, 0.4) is 0 Å². The smallest absolute Gasteiger partial charge is 0.225 e. The molecule has 23 heavy (non-hydrogen) atoms. The van der Waals surface area contributed by atoms with Crippen LogP contribution in [-0.4, -0.2) is 16.8 Å². The van der Waals surface area contributed by atoms with Crippen LogP contribution in [0.15, 0.2) is 58.3 Å². The molecule has 0 aliphatic heterocycles. The van der Waals surface area contributed by atoms with E-state index in [1.165, 1.54) is 18.2 Å². The van der Waals surface area contributed by atoms with E-state index in [1.807, 2.05) is 0 Å². The molecule has 1 atom stereocenters. The van der Waals surface area contributed by atoms with Crippen molar-refractivity contribution in [1.82, 2.24) is 4.72 Å². The van der Waals surface area contributed by atoms with Crippen LogP contribution in [0.4, 0.5) is 0 Å². The predicted molar refractivity (Wildman–Crippen MR) is 88.0 cm³/mol. The zero-order valence-electron chi connectivity index (χ0n) is 12.1. The minimum Gasteiger partial charge on any atom is -0.225 e. The third-order valence-corrected chi connectivity index (χ3v) is 5.94. The lowest BCUT2D eigenvalue weighted by Gasteiger charge is -2.16. The molecule has 0 aliphatic carbocycles. The zero-order chi connectivity index (χ0) is 17.3. The Balaban J connectivity index is 2.35. The summed E-state index contributed by atoms with van der Waals surface area (Å²) in [6, 6.07) is 11.1. The number of nitrogens with one attached hydrogen (secondary N) is 1. The summed E-state index contributed by atoms with van der Waals surface area (Å²) in [7, 11) is -7.92. The van der Waals surface area contributed by atoms with Gasteiger partial charge in [-0.15, -0.1) is 0 Å². The fourth-order valence-electron chi connectivity index (χ4n) is 2.01. The van der Waals surface area contributed by atoms with Gasteiger partial charge in [-0.1, -0.05) is 35.9 Å². The van der Waals surface area contributed by atoms with Gasteiger partial charge in [0.2, 0.25) is 20.0 Å². The molecule has 0 amide bonds. The van der Waals surface area contributed by atoms with E-state index >= 15 is 0 Å². The minimum absolute atomic E-state index is 0.192. The maximum Gasteiger partial charge on any atom is 0.241 e. The number of rotatable bonds is 5. The van der Waals surface area contributed by atoms with Crippen LogP contribution < -0.4 is 9.86 Å². The zero-order valence-corrected chi connectivity index (χ0v) is 14.5. The first-order valence-electron chi connectivity index (χ1n) is 6.51. The van der Waals surface area contributed by atoms with Gasteiger partial charge in [0.1, 0.15) is 0 Å². The maximum absolute atomic E-state index is 12.4. The van der Waals surface area contributed by atoms with Gasteiger partial charge < -0.3 is 0 Å². The Kier molecular flexibility index (Phi) is 5.12. The molecule has 0 bridgehead atoms. The van der Waals surface area contributed by atoms with E-state index in [0.717, 1.165) is 6.07 Å². The van der Waals surface area contributed by atoms with E-state index in [2.05, 4.69) is 4.72 Å². The molecule has 0 saturated heterocycles. The normalized spacial score (nSPS) is 13.7. The Morgan fingerprint density at radius 3 is 2.22 bits per heavy atom. The highest BCUT2D eigenvalue weighted by Gasteiger charge is 2.21. The number of halogens is 1. The lowest BCUT2D eigenvalue weighted by atomic mass is 10.1. The Hall–Kier alpha value is -1.45. The number of nitrogens with two attached hydrogens (primary N) is 1. The molecule has 0 aliphatic rings. The van der Waals surface area contributed by atoms with Crippen molar-refractivity contribution < 1.29 is 16.8 Å². The molecule has 0 saturated carbocycles. The van der Waals surface area contributed by atoms with E-state index in [0.29, 0.717) is 10.6 Å². The molecule has 0 unspecified atom stereocenters. The van der Waals surface area contributed by atoms with Gasteiger partial charge in [-0.25, -0.2) is 26.7 Å². The molecule has 0 aromatic heterocycles. The SMILES string of the molecule is C[C@@H](NS(=O)(=O)c1cccc(S(N)(=O)=O)c1)c1ccccc1Cl. The quantitative estimate of drug-likeness (QED) is 0.834. The standard InChI is InChI=1S/C14H15ClN2O4S2/c1-10(13-7-2-3-8-14(13)15)17-23(20,21)12-6-4-5-11(9-12)22(16,18)19/h2-10,17H,1H3,(H2,16,18,19)/t10-/m1/s1. The van der Waals surface area contributed by atoms with Crippen molar-refractivity contribution in [3.63, 3.8) is 0 Å². The first kappa shape index (κ1) is 17.9. The molecule has 2 aromatic carbocycles. The van der Waals surface area contributed by atoms with Crippen molar-refractivity contribution in [2.45, 2.75) is 22.8 Å². The van der Waals surface area contributed by atoms with E-state index in [9.17, 15) is 16.8 Å². The van der Waals surface area contributed by atoms with E-state index in [4.69, 9.17) is 16.7 Å². The molecule has 2 rings (SSSR count). The molecule has 124 valence electrons. The average Bonchev–Trinajstić information content (AvgIpc) is 2.46. The largest absolute Gasteiger partial charge is 0.241 e. The van der Waals surface area contributed by atoms with Crippen LogP contribution in [-0.2, 0) is 20.0 Å². The second-order valence-corrected chi connectivity index (χ2v) is 8.57.